The molecule has 3 amide bonds. The molecule has 1 aliphatic carbocycles. The fourth-order valence-corrected chi connectivity index (χ4v) is 3.55. The standard InChI is InChI=1S/C19H20F6N4O4/c20-18(21,22)9-29(11-2-3-11)15(16(26)31)17(32)27-10-1-4-13(12(7-10)19(23,24)25)28-5-6-33-8-14(28)30/h1,4,7,11,15H,2-3,5-6,8-9H2,(H2,26,31)(H,27,32)/t15-/m0/s1. The molecule has 1 saturated carbocycles. The van der Waals surface area contributed by atoms with Crippen molar-refractivity contribution in [2.75, 3.05) is 36.5 Å². The number of alkyl halides is 6. The summed E-state index contributed by atoms with van der Waals surface area (Å²) in [6, 6.07) is -0.187. The molecule has 1 atom stereocenters. The molecule has 182 valence electrons. The van der Waals surface area contributed by atoms with Crippen LogP contribution in [0.25, 0.3) is 0 Å². The zero-order chi connectivity index (χ0) is 24.6. The first-order valence-corrected chi connectivity index (χ1v) is 9.80. The first-order chi connectivity index (χ1) is 15.3. The molecule has 1 aromatic carbocycles. The van der Waals surface area contributed by atoms with Gasteiger partial charge in [0.2, 0.25) is 5.91 Å². The second-order valence-corrected chi connectivity index (χ2v) is 7.64. The van der Waals surface area contributed by atoms with Gasteiger partial charge in [-0.15, -0.1) is 0 Å². The summed E-state index contributed by atoms with van der Waals surface area (Å²) in [7, 11) is 0. The van der Waals surface area contributed by atoms with E-state index in [1.807, 2.05) is 5.32 Å². The van der Waals surface area contributed by atoms with Gasteiger partial charge in [-0.1, -0.05) is 0 Å². The summed E-state index contributed by atoms with van der Waals surface area (Å²) >= 11 is 0. The number of hydrogen-bond acceptors (Lipinski definition) is 5. The Kier molecular flexibility index (Phi) is 6.88. The minimum absolute atomic E-state index is 0.0258. The van der Waals surface area contributed by atoms with Crippen LogP contribution in [0.2, 0.25) is 0 Å². The molecule has 3 rings (SSSR count). The van der Waals surface area contributed by atoms with E-state index >= 15 is 0 Å². The lowest BCUT2D eigenvalue weighted by Crippen LogP contribution is -2.55. The van der Waals surface area contributed by atoms with Crippen LogP contribution < -0.4 is 16.0 Å². The maximum absolute atomic E-state index is 13.7. The van der Waals surface area contributed by atoms with Crippen LogP contribution in [-0.2, 0) is 25.3 Å². The first-order valence-electron chi connectivity index (χ1n) is 9.80. The maximum Gasteiger partial charge on any atom is 0.418 e. The number of benzene rings is 1. The van der Waals surface area contributed by atoms with Gasteiger partial charge in [0.05, 0.1) is 24.4 Å². The maximum atomic E-state index is 13.7. The number of morpholine rings is 1. The number of ether oxygens (including phenoxy) is 1. The number of nitrogens with zero attached hydrogens (tertiary/aromatic N) is 2. The zero-order valence-corrected chi connectivity index (χ0v) is 17.0. The van der Waals surface area contributed by atoms with Crippen LogP contribution in [0.3, 0.4) is 0 Å². The van der Waals surface area contributed by atoms with Gasteiger partial charge in [0.15, 0.2) is 6.04 Å². The molecule has 0 bridgehead atoms. The van der Waals surface area contributed by atoms with Crippen molar-refractivity contribution >= 4 is 29.1 Å². The highest BCUT2D eigenvalue weighted by molar-refractivity contribution is 6.09. The van der Waals surface area contributed by atoms with Crippen LogP contribution >= 0.6 is 0 Å². The first kappa shape index (κ1) is 24.8. The van der Waals surface area contributed by atoms with Crippen LogP contribution in [-0.4, -0.2) is 67.2 Å². The van der Waals surface area contributed by atoms with E-state index in [4.69, 9.17) is 10.5 Å². The van der Waals surface area contributed by atoms with Gasteiger partial charge in [0.25, 0.3) is 11.8 Å². The number of hydrogen-bond donors (Lipinski definition) is 2. The molecule has 0 radical (unpaired) electrons. The van der Waals surface area contributed by atoms with Gasteiger partial charge >= 0.3 is 12.4 Å². The number of amides is 3. The molecule has 0 unspecified atom stereocenters. The van der Waals surface area contributed by atoms with Gasteiger partial charge in [-0.3, -0.25) is 19.3 Å². The minimum atomic E-state index is -4.92. The highest BCUT2D eigenvalue weighted by Gasteiger charge is 2.46. The molecule has 33 heavy (non-hydrogen) atoms. The predicted octanol–water partition coefficient (Wildman–Crippen LogP) is 1.89. The van der Waals surface area contributed by atoms with Crippen molar-refractivity contribution in [2.45, 2.75) is 37.3 Å². The molecular formula is C19H20F6N4O4. The second kappa shape index (κ2) is 9.17. The molecule has 1 aliphatic heterocycles. The Morgan fingerprint density at radius 3 is 2.39 bits per heavy atom. The molecule has 14 heteroatoms. The second-order valence-electron chi connectivity index (χ2n) is 7.64. The Morgan fingerprint density at radius 2 is 1.88 bits per heavy atom. The summed E-state index contributed by atoms with van der Waals surface area (Å²) in [6.45, 7) is -2.07. The number of carbonyl (C=O) groups is 3. The Morgan fingerprint density at radius 1 is 1.21 bits per heavy atom. The van der Waals surface area contributed by atoms with Crippen LogP contribution in [0.4, 0.5) is 37.7 Å². The van der Waals surface area contributed by atoms with Crippen molar-refractivity contribution in [1.82, 2.24) is 4.90 Å². The van der Waals surface area contributed by atoms with Gasteiger partial charge < -0.3 is 20.7 Å². The number of nitrogens with one attached hydrogen (secondary N) is 1. The molecule has 8 nitrogen and oxygen atoms in total. The SMILES string of the molecule is NC(=O)[C@@H](C(=O)Nc1ccc(N2CCOCC2=O)c(C(F)(F)F)c1)N(CC(F)(F)F)C1CC1. The predicted molar refractivity (Wildman–Crippen MR) is 102 cm³/mol. The van der Waals surface area contributed by atoms with E-state index in [2.05, 4.69) is 0 Å². The van der Waals surface area contributed by atoms with Gasteiger partial charge in [0.1, 0.15) is 6.61 Å². The molecule has 2 aliphatic rings. The van der Waals surface area contributed by atoms with Crippen molar-refractivity contribution in [2.24, 2.45) is 5.73 Å². The minimum Gasteiger partial charge on any atom is -0.370 e. The number of halogens is 6. The fourth-order valence-electron chi connectivity index (χ4n) is 3.55. The third-order valence-electron chi connectivity index (χ3n) is 5.07. The van der Waals surface area contributed by atoms with Gasteiger partial charge in [-0.05, 0) is 31.0 Å². The van der Waals surface area contributed by atoms with E-state index in [1.54, 1.807) is 0 Å². The molecule has 0 aromatic heterocycles. The number of carbonyl (C=O) groups excluding carboxylic acids is 3. The van der Waals surface area contributed by atoms with E-state index in [0.29, 0.717) is 23.8 Å². The third kappa shape index (κ3) is 6.13. The molecular weight excluding hydrogens is 462 g/mol. The van der Waals surface area contributed by atoms with E-state index in [-0.39, 0.29) is 13.2 Å². The van der Waals surface area contributed by atoms with Crippen molar-refractivity contribution in [3.63, 3.8) is 0 Å². The Bertz CT molecular complexity index is 932. The summed E-state index contributed by atoms with van der Waals surface area (Å²) in [5.74, 6) is -3.35. The highest BCUT2D eigenvalue weighted by atomic mass is 19.4. The van der Waals surface area contributed by atoms with Crippen molar-refractivity contribution in [3.8, 4) is 0 Å². The van der Waals surface area contributed by atoms with Gasteiger partial charge in [0, 0.05) is 18.3 Å². The van der Waals surface area contributed by atoms with Crippen LogP contribution in [0.15, 0.2) is 18.2 Å². The molecule has 1 aromatic rings. The van der Waals surface area contributed by atoms with Crippen LogP contribution in [0, 0.1) is 0 Å². The van der Waals surface area contributed by atoms with E-state index in [0.717, 1.165) is 17.0 Å². The monoisotopic (exact) mass is 482 g/mol. The Hall–Kier alpha value is -2.87. The van der Waals surface area contributed by atoms with E-state index < -0.39 is 72.2 Å². The zero-order valence-electron chi connectivity index (χ0n) is 17.0. The van der Waals surface area contributed by atoms with Crippen molar-refractivity contribution in [1.29, 1.82) is 0 Å². The molecule has 0 spiro atoms. The van der Waals surface area contributed by atoms with E-state index in [9.17, 15) is 40.7 Å². The van der Waals surface area contributed by atoms with E-state index in [1.165, 1.54) is 0 Å². The van der Waals surface area contributed by atoms with Gasteiger partial charge in [-0.25, -0.2) is 0 Å². The smallest absolute Gasteiger partial charge is 0.370 e. The summed E-state index contributed by atoms with van der Waals surface area (Å²) < 4.78 is 84.8. The lowest BCUT2D eigenvalue weighted by atomic mass is 10.1. The van der Waals surface area contributed by atoms with Gasteiger partial charge in [-0.2, -0.15) is 26.3 Å². The van der Waals surface area contributed by atoms with Crippen molar-refractivity contribution in [3.05, 3.63) is 23.8 Å². The lowest BCUT2D eigenvalue weighted by molar-refractivity contribution is -0.158. The van der Waals surface area contributed by atoms with Crippen LogP contribution in [0.1, 0.15) is 18.4 Å². The highest BCUT2D eigenvalue weighted by Crippen LogP contribution is 2.39. The number of nitrogens with two attached hydrogens (primary N) is 1. The Balaban J connectivity index is 1.88. The largest absolute Gasteiger partial charge is 0.418 e. The summed E-state index contributed by atoms with van der Waals surface area (Å²) in [5, 5.41) is 2.05. The summed E-state index contributed by atoms with van der Waals surface area (Å²) in [4.78, 5) is 37.9. The summed E-state index contributed by atoms with van der Waals surface area (Å²) in [5.41, 5.74) is 3.03. The fraction of sp³-hybridized carbons (Fsp3) is 0.526. The third-order valence-corrected chi connectivity index (χ3v) is 5.07. The number of anilines is 2. The molecule has 3 N–H and O–H groups in total. The normalized spacial score (nSPS) is 18.4. The molecule has 2 fully saturated rings. The molecule has 1 heterocycles. The topological polar surface area (TPSA) is 105 Å². The number of rotatable bonds is 7. The average Bonchev–Trinajstić information content (AvgIpc) is 3.51. The number of primary amides is 1. The molecule has 1 saturated heterocycles. The quantitative estimate of drug-likeness (QED) is 0.456. The average molecular weight is 482 g/mol. The Labute approximate surface area is 183 Å². The van der Waals surface area contributed by atoms with Crippen molar-refractivity contribution < 1.29 is 45.5 Å². The summed E-state index contributed by atoms with van der Waals surface area (Å²) in [6.07, 6.45) is -9.03. The lowest BCUT2D eigenvalue weighted by Gasteiger charge is -2.30. The van der Waals surface area contributed by atoms with Crippen LogP contribution in [0.5, 0.6) is 0 Å².